The Morgan fingerprint density at radius 3 is 2.56 bits per heavy atom. The molecule has 1 aliphatic rings. The lowest BCUT2D eigenvalue weighted by atomic mass is 10.1. The van der Waals surface area contributed by atoms with Crippen LogP contribution in [0.4, 0.5) is 0 Å². The van der Waals surface area contributed by atoms with Crippen molar-refractivity contribution in [3.05, 3.63) is 47.7 Å². The maximum absolute atomic E-state index is 10.9. The Hall–Kier alpha value is -1.83. The van der Waals surface area contributed by atoms with E-state index in [1.54, 1.807) is 0 Å². The van der Waals surface area contributed by atoms with Crippen molar-refractivity contribution in [3.8, 4) is 11.3 Å². The summed E-state index contributed by atoms with van der Waals surface area (Å²) in [5.41, 5.74) is 1.74. The first-order valence-corrected chi connectivity index (χ1v) is 5.53. The van der Waals surface area contributed by atoms with E-state index >= 15 is 0 Å². The lowest BCUT2D eigenvalue weighted by Gasteiger charge is -1.95. The Morgan fingerprint density at radius 1 is 1.19 bits per heavy atom. The highest BCUT2D eigenvalue weighted by atomic mass is 16.3. The van der Waals surface area contributed by atoms with Crippen molar-refractivity contribution in [2.24, 2.45) is 0 Å². The van der Waals surface area contributed by atoms with Gasteiger partial charge in [0.25, 0.3) is 0 Å². The molecule has 1 heterocycles. The third-order valence-corrected chi connectivity index (χ3v) is 2.92. The van der Waals surface area contributed by atoms with Crippen LogP contribution in [0.5, 0.6) is 0 Å². The van der Waals surface area contributed by atoms with E-state index in [0.29, 0.717) is 11.5 Å². The molecule has 1 saturated carbocycles. The van der Waals surface area contributed by atoms with Gasteiger partial charge in [0.1, 0.15) is 11.5 Å². The number of hydrogen-bond acceptors (Lipinski definition) is 2. The van der Waals surface area contributed by atoms with Crippen molar-refractivity contribution in [3.63, 3.8) is 0 Å². The van der Waals surface area contributed by atoms with Crippen LogP contribution >= 0.6 is 0 Å². The Balaban J connectivity index is 2.05. The van der Waals surface area contributed by atoms with Crippen molar-refractivity contribution in [2.75, 3.05) is 0 Å². The zero-order valence-corrected chi connectivity index (χ0v) is 8.85. The number of furan rings is 1. The van der Waals surface area contributed by atoms with Gasteiger partial charge in [0.15, 0.2) is 6.29 Å². The second-order valence-corrected chi connectivity index (χ2v) is 4.19. The predicted molar refractivity (Wildman–Crippen MR) is 61.5 cm³/mol. The van der Waals surface area contributed by atoms with Crippen molar-refractivity contribution >= 4 is 6.29 Å². The largest absolute Gasteiger partial charge is 0.460 e. The summed E-state index contributed by atoms with van der Waals surface area (Å²) in [6, 6.07) is 11.7. The number of rotatable bonds is 3. The summed E-state index contributed by atoms with van der Waals surface area (Å²) >= 11 is 0. The first-order chi connectivity index (χ1) is 7.88. The van der Waals surface area contributed by atoms with Crippen LogP contribution in [0, 0.1) is 0 Å². The molecule has 2 aromatic rings. The molecule has 0 bridgehead atoms. The van der Waals surface area contributed by atoms with Gasteiger partial charge in [-0.15, -0.1) is 0 Å². The van der Waals surface area contributed by atoms with Crippen molar-refractivity contribution < 1.29 is 9.21 Å². The first kappa shape index (κ1) is 9.40. The van der Waals surface area contributed by atoms with Gasteiger partial charge < -0.3 is 4.42 Å². The molecule has 1 fully saturated rings. The minimum absolute atomic E-state index is 0.470. The van der Waals surface area contributed by atoms with E-state index in [-0.39, 0.29) is 0 Å². The Morgan fingerprint density at radius 2 is 1.94 bits per heavy atom. The first-order valence-electron chi connectivity index (χ1n) is 5.53. The molecule has 0 unspecified atom stereocenters. The molecule has 2 heteroatoms. The molecule has 80 valence electrons. The Kier molecular flexibility index (Phi) is 2.13. The molecule has 16 heavy (non-hydrogen) atoms. The molecule has 0 spiro atoms. The van der Waals surface area contributed by atoms with Crippen LogP contribution in [0.3, 0.4) is 0 Å². The van der Waals surface area contributed by atoms with E-state index in [2.05, 4.69) is 0 Å². The van der Waals surface area contributed by atoms with Gasteiger partial charge in [-0.05, 0) is 18.9 Å². The van der Waals surface area contributed by atoms with E-state index in [1.807, 2.05) is 36.4 Å². The summed E-state index contributed by atoms with van der Waals surface area (Å²) in [5, 5.41) is 0. The van der Waals surface area contributed by atoms with Crippen LogP contribution in [-0.2, 0) is 0 Å². The van der Waals surface area contributed by atoms with Crippen LogP contribution in [0.15, 0.2) is 40.8 Å². The van der Waals surface area contributed by atoms with Crippen molar-refractivity contribution in [1.29, 1.82) is 0 Å². The number of carbonyl (C=O) groups is 1. The Bertz CT molecular complexity index is 507. The molecule has 0 radical (unpaired) electrons. The molecule has 0 saturated heterocycles. The second kappa shape index (κ2) is 3.63. The zero-order chi connectivity index (χ0) is 11.0. The quantitative estimate of drug-likeness (QED) is 0.727. The average molecular weight is 212 g/mol. The molecule has 2 nitrogen and oxygen atoms in total. The van der Waals surface area contributed by atoms with Gasteiger partial charge >= 0.3 is 0 Å². The molecule has 1 aromatic heterocycles. The third kappa shape index (κ3) is 1.56. The standard InChI is InChI=1S/C14H12O2/c15-9-12-8-13(10-4-2-1-3-5-10)16-14(12)11-6-7-11/h1-5,8-9,11H,6-7H2. The number of hydrogen-bond donors (Lipinski definition) is 0. The fourth-order valence-corrected chi connectivity index (χ4v) is 1.92. The zero-order valence-electron chi connectivity index (χ0n) is 8.85. The lowest BCUT2D eigenvalue weighted by Crippen LogP contribution is -1.81. The molecule has 0 atom stereocenters. The molecule has 0 aliphatic heterocycles. The van der Waals surface area contributed by atoms with E-state index < -0.39 is 0 Å². The van der Waals surface area contributed by atoms with E-state index in [1.165, 1.54) is 0 Å². The molecule has 3 rings (SSSR count). The number of carbonyl (C=O) groups excluding carboxylic acids is 1. The maximum atomic E-state index is 10.9. The maximum Gasteiger partial charge on any atom is 0.153 e. The van der Waals surface area contributed by atoms with Gasteiger partial charge in [-0.25, -0.2) is 0 Å². The van der Waals surface area contributed by atoms with Crippen molar-refractivity contribution in [2.45, 2.75) is 18.8 Å². The minimum Gasteiger partial charge on any atom is -0.460 e. The summed E-state index contributed by atoms with van der Waals surface area (Å²) in [5.74, 6) is 2.14. The van der Waals surface area contributed by atoms with E-state index in [9.17, 15) is 4.79 Å². The molecule has 0 amide bonds. The van der Waals surface area contributed by atoms with Crippen LogP contribution in [0.25, 0.3) is 11.3 Å². The van der Waals surface area contributed by atoms with Crippen molar-refractivity contribution in [1.82, 2.24) is 0 Å². The van der Waals surface area contributed by atoms with Crippen LogP contribution in [0.2, 0.25) is 0 Å². The summed E-state index contributed by atoms with van der Waals surface area (Å²) in [4.78, 5) is 10.9. The van der Waals surface area contributed by atoms with Gasteiger partial charge in [-0.2, -0.15) is 0 Å². The van der Waals surface area contributed by atoms with E-state index in [0.717, 1.165) is 36.2 Å². The fourth-order valence-electron chi connectivity index (χ4n) is 1.92. The van der Waals surface area contributed by atoms with Gasteiger partial charge in [-0.3, -0.25) is 4.79 Å². The molecular weight excluding hydrogens is 200 g/mol. The molecule has 1 aliphatic carbocycles. The average Bonchev–Trinajstić information content (AvgIpc) is 3.10. The topological polar surface area (TPSA) is 30.2 Å². The summed E-state index contributed by atoms with van der Waals surface area (Å²) in [6.45, 7) is 0. The summed E-state index contributed by atoms with van der Waals surface area (Å²) < 4.78 is 5.78. The highest BCUT2D eigenvalue weighted by Gasteiger charge is 2.30. The fraction of sp³-hybridized carbons (Fsp3) is 0.214. The molecular formula is C14H12O2. The van der Waals surface area contributed by atoms with Crippen LogP contribution in [0.1, 0.15) is 34.9 Å². The SMILES string of the molecule is O=Cc1cc(-c2ccccc2)oc1C1CC1. The summed E-state index contributed by atoms with van der Waals surface area (Å²) in [6.07, 6.45) is 3.18. The second-order valence-electron chi connectivity index (χ2n) is 4.19. The third-order valence-electron chi connectivity index (χ3n) is 2.92. The lowest BCUT2D eigenvalue weighted by molar-refractivity contribution is 0.112. The van der Waals surface area contributed by atoms with Crippen LogP contribution in [-0.4, -0.2) is 6.29 Å². The summed E-state index contributed by atoms with van der Waals surface area (Å²) in [7, 11) is 0. The highest BCUT2D eigenvalue weighted by Crippen LogP contribution is 2.43. The monoisotopic (exact) mass is 212 g/mol. The predicted octanol–water partition coefficient (Wildman–Crippen LogP) is 3.64. The number of aldehydes is 1. The van der Waals surface area contributed by atoms with Gasteiger partial charge in [0, 0.05) is 11.5 Å². The normalized spacial score (nSPS) is 15.0. The Labute approximate surface area is 93.9 Å². The van der Waals surface area contributed by atoms with Gasteiger partial charge in [-0.1, -0.05) is 30.3 Å². The molecule has 0 N–H and O–H groups in total. The smallest absolute Gasteiger partial charge is 0.153 e. The van der Waals surface area contributed by atoms with Gasteiger partial charge in [0.05, 0.1) is 5.56 Å². The highest BCUT2D eigenvalue weighted by molar-refractivity contribution is 5.80. The van der Waals surface area contributed by atoms with Gasteiger partial charge in [0.2, 0.25) is 0 Å². The van der Waals surface area contributed by atoms with Crippen LogP contribution < -0.4 is 0 Å². The molecule has 1 aromatic carbocycles. The minimum atomic E-state index is 0.470. The number of benzene rings is 1. The van der Waals surface area contributed by atoms with E-state index in [4.69, 9.17) is 4.42 Å².